The molecule has 0 unspecified atom stereocenters. The minimum atomic E-state index is -0.0711. The second kappa shape index (κ2) is 13.8. The van der Waals surface area contributed by atoms with Crippen LogP contribution in [0.25, 0.3) is 0 Å². The van der Waals surface area contributed by atoms with Crippen LogP contribution in [0.15, 0.2) is 0 Å². The minimum Gasteiger partial charge on any atom is -0.381 e. The van der Waals surface area contributed by atoms with Crippen molar-refractivity contribution in [1.82, 2.24) is 9.80 Å². The van der Waals surface area contributed by atoms with Crippen molar-refractivity contribution >= 4 is 0 Å². The second-order valence-electron chi connectivity index (χ2n) is 14.0. The number of ether oxygens (including phenoxy) is 2. The summed E-state index contributed by atoms with van der Waals surface area (Å²) in [5, 5.41) is 0. The molecule has 1 rings (SSSR count). The van der Waals surface area contributed by atoms with Crippen LogP contribution >= 0.6 is 0 Å². The van der Waals surface area contributed by atoms with Gasteiger partial charge in [-0.3, -0.25) is 4.90 Å². The lowest BCUT2D eigenvalue weighted by atomic mass is 9.89. The molecular weight excluding hydrogens is 408 g/mol. The summed E-state index contributed by atoms with van der Waals surface area (Å²) in [7, 11) is 0. The van der Waals surface area contributed by atoms with Gasteiger partial charge in [-0.15, -0.1) is 0 Å². The maximum absolute atomic E-state index is 6.26. The van der Waals surface area contributed by atoms with E-state index in [1.165, 1.54) is 58.4 Å². The van der Waals surface area contributed by atoms with Crippen LogP contribution in [0.3, 0.4) is 0 Å². The van der Waals surface area contributed by atoms with Crippen LogP contribution in [-0.4, -0.2) is 73.5 Å². The van der Waals surface area contributed by atoms with E-state index in [4.69, 9.17) is 9.47 Å². The molecule has 33 heavy (non-hydrogen) atoms. The van der Waals surface area contributed by atoms with Crippen LogP contribution in [0, 0.1) is 10.8 Å². The molecule has 0 bridgehead atoms. The number of rotatable bonds is 15. The van der Waals surface area contributed by atoms with E-state index in [1.807, 2.05) is 0 Å². The monoisotopic (exact) mass is 468 g/mol. The molecule has 1 heterocycles. The molecule has 0 spiro atoms. The zero-order valence-electron chi connectivity index (χ0n) is 24.3. The van der Waals surface area contributed by atoms with Gasteiger partial charge in [0.2, 0.25) is 0 Å². The Morgan fingerprint density at radius 2 is 1.12 bits per heavy atom. The number of hydrogen-bond donors (Lipinski definition) is 0. The normalized spacial score (nSPS) is 17.6. The smallest absolute Gasteiger partial charge is 0.0627 e. The van der Waals surface area contributed by atoms with E-state index in [-0.39, 0.29) is 11.1 Å². The van der Waals surface area contributed by atoms with Crippen LogP contribution in [0.5, 0.6) is 0 Å². The average Bonchev–Trinajstić information content (AvgIpc) is 2.67. The summed E-state index contributed by atoms with van der Waals surface area (Å²) >= 11 is 0. The highest BCUT2D eigenvalue weighted by molar-refractivity contribution is 4.88. The summed E-state index contributed by atoms with van der Waals surface area (Å²) in [4.78, 5) is 5.37. The molecule has 0 amide bonds. The molecule has 0 aliphatic carbocycles. The fourth-order valence-corrected chi connectivity index (χ4v) is 4.56. The lowest BCUT2D eigenvalue weighted by Crippen LogP contribution is -2.55. The Hall–Kier alpha value is -0.160. The van der Waals surface area contributed by atoms with Gasteiger partial charge in [0.25, 0.3) is 0 Å². The Morgan fingerprint density at radius 1 is 0.576 bits per heavy atom. The maximum Gasteiger partial charge on any atom is 0.0627 e. The predicted octanol–water partition coefficient (Wildman–Crippen LogP) is 7.02. The molecule has 1 saturated heterocycles. The molecule has 0 aromatic heterocycles. The van der Waals surface area contributed by atoms with Crippen molar-refractivity contribution < 1.29 is 9.47 Å². The molecule has 0 radical (unpaired) electrons. The van der Waals surface area contributed by atoms with Gasteiger partial charge >= 0.3 is 0 Å². The van der Waals surface area contributed by atoms with Crippen molar-refractivity contribution in [1.29, 1.82) is 0 Å². The highest BCUT2D eigenvalue weighted by atomic mass is 16.5. The van der Waals surface area contributed by atoms with Crippen LogP contribution in [-0.2, 0) is 9.47 Å². The fraction of sp³-hybridized carbons (Fsp3) is 1.00. The van der Waals surface area contributed by atoms with E-state index >= 15 is 0 Å². The number of piperazine rings is 1. The zero-order chi connectivity index (χ0) is 25.2. The molecule has 0 saturated carbocycles. The molecule has 0 aromatic carbocycles. The summed E-state index contributed by atoms with van der Waals surface area (Å²) in [6.45, 7) is 31.8. The largest absolute Gasteiger partial charge is 0.381 e. The van der Waals surface area contributed by atoms with Crippen LogP contribution in [0.2, 0.25) is 0 Å². The highest BCUT2D eigenvalue weighted by Crippen LogP contribution is 2.28. The predicted molar refractivity (Wildman–Crippen MR) is 144 cm³/mol. The van der Waals surface area contributed by atoms with Crippen molar-refractivity contribution in [3.8, 4) is 0 Å². The quantitative estimate of drug-likeness (QED) is 0.241. The van der Waals surface area contributed by atoms with Gasteiger partial charge in [0, 0.05) is 51.5 Å². The third-order valence-corrected chi connectivity index (χ3v) is 7.11. The molecular formula is C29H60N2O2. The van der Waals surface area contributed by atoms with E-state index in [0.717, 1.165) is 39.1 Å². The van der Waals surface area contributed by atoms with Gasteiger partial charge in [0.15, 0.2) is 0 Å². The van der Waals surface area contributed by atoms with Crippen LogP contribution in [0.1, 0.15) is 114 Å². The van der Waals surface area contributed by atoms with Gasteiger partial charge in [0.05, 0.1) is 5.60 Å². The summed E-state index contributed by atoms with van der Waals surface area (Å²) in [6.07, 6.45) is 8.26. The van der Waals surface area contributed by atoms with Gasteiger partial charge in [-0.2, -0.15) is 0 Å². The third kappa shape index (κ3) is 15.4. The Balaban J connectivity index is 2.20. The zero-order valence-corrected chi connectivity index (χ0v) is 24.3. The Morgan fingerprint density at radius 3 is 1.70 bits per heavy atom. The molecule has 1 fully saturated rings. The van der Waals surface area contributed by atoms with Crippen molar-refractivity contribution in [2.24, 2.45) is 10.8 Å². The molecule has 4 heteroatoms. The maximum atomic E-state index is 6.26. The van der Waals surface area contributed by atoms with Crippen LogP contribution in [0.4, 0.5) is 0 Å². The molecule has 0 aromatic rings. The van der Waals surface area contributed by atoms with Gasteiger partial charge in [-0.1, -0.05) is 41.5 Å². The lowest BCUT2D eigenvalue weighted by Gasteiger charge is -2.45. The summed E-state index contributed by atoms with van der Waals surface area (Å²) in [5.41, 5.74) is 1.02. The topological polar surface area (TPSA) is 24.9 Å². The van der Waals surface area contributed by atoms with E-state index in [1.54, 1.807) is 0 Å². The van der Waals surface area contributed by atoms with Gasteiger partial charge < -0.3 is 14.4 Å². The summed E-state index contributed by atoms with van der Waals surface area (Å²) < 4.78 is 12.1. The SMILES string of the molecule is CC(C)(C)CCCOCCCOC(C)(C)CCC(C)(C)N1CCN(CCCC(C)(C)C)CC1. The molecule has 198 valence electrons. The van der Waals surface area contributed by atoms with Crippen LogP contribution < -0.4 is 0 Å². The third-order valence-electron chi connectivity index (χ3n) is 7.11. The van der Waals surface area contributed by atoms with E-state index < -0.39 is 0 Å². The van der Waals surface area contributed by atoms with Crippen molar-refractivity contribution in [2.45, 2.75) is 125 Å². The fourth-order valence-electron chi connectivity index (χ4n) is 4.56. The molecule has 4 nitrogen and oxygen atoms in total. The molecule has 1 aliphatic rings. The van der Waals surface area contributed by atoms with Crippen molar-refractivity contribution in [2.75, 3.05) is 52.5 Å². The molecule has 1 aliphatic heterocycles. The number of hydrogen-bond acceptors (Lipinski definition) is 4. The molecule has 0 N–H and O–H groups in total. The second-order valence-corrected chi connectivity index (χ2v) is 14.0. The lowest BCUT2D eigenvalue weighted by molar-refractivity contribution is -0.0452. The first-order valence-corrected chi connectivity index (χ1v) is 13.8. The number of nitrogens with zero attached hydrogens (tertiary/aromatic N) is 2. The summed E-state index contributed by atoms with van der Waals surface area (Å²) in [5.74, 6) is 0. The van der Waals surface area contributed by atoms with E-state index in [0.29, 0.717) is 10.8 Å². The van der Waals surface area contributed by atoms with Gasteiger partial charge in [-0.05, 0) is 90.0 Å². The van der Waals surface area contributed by atoms with E-state index in [9.17, 15) is 0 Å². The van der Waals surface area contributed by atoms with Crippen molar-refractivity contribution in [3.05, 3.63) is 0 Å². The van der Waals surface area contributed by atoms with Crippen molar-refractivity contribution in [3.63, 3.8) is 0 Å². The minimum absolute atomic E-state index is 0.0711. The average molecular weight is 469 g/mol. The highest BCUT2D eigenvalue weighted by Gasteiger charge is 2.32. The summed E-state index contributed by atoms with van der Waals surface area (Å²) in [6, 6.07) is 0. The Kier molecular flexibility index (Phi) is 12.9. The standard InChI is InChI=1S/C29H60N2O2/c1-26(2,3)14-11-18-30-19-21-31(22-20-30)28(7,8)16-17-29(9,10)33-25-13-24-32-23-12-15-27(4,5)6/h11-25H2,1-10H3. The first-order chi connectivity index (χ1) is 15.1. The van der Waals surface area contributed by atoms with Gasteiger partial charge in [0.1, 0.15) is 0 Å². The Bertz CT molecular complexity index is 509. The first-order valence-electron chi connectivity index (χ1n) is 13.8. The van der Waals surface area contributed by atoms with Gasteiger partial charge in [-0.25, -0.2) is 0 Å². The first kappa shape index (κ1) is 30.9. The molecule has 0 atom stereocenters. The van der Waals surface area contributed by atoms with E-state index in [2.05, 4.69) is 79.0 Å². The Labute approximate surface area is 208 Å².